The zero-order valence-electron chi connectivity index (χ0n) is 11.1. The molecule has 2 rings (SSSR count). The van der Waals surface area contributed by atoms with E-state index in [0.29, 0.717) is 3.57 Å². The Labute approximate surface area is 142 Å². The lowest BCUT2D eigenvalue weighted by molar-refractivity contribution is -0.274. The average Bonchev–Trinajstić information content (AvgIpc) is 2.35. The van der Waals surface area contributed by atoms with E-state index in [4.69, 9.17) is 5.14 Å². The lowest BCUT2D eigenvalue weighted by Crippen LogP contribution is -2.18. The highest BCUT2D eigenvalue weighted by atomic mass is 127. The maximum Gasteiger partial charge on any atom is 0.573 e. The maximum absolute atomic E-state index is 14.1. The van der Waals surface area contributed by atoms with Crippen molar-refractivity contribution in [2.24, 2.45) is 5.14 Å². The molecule has 0 aliphatic heterocycles. The molecule has 2 aromatic carbocycles. The number of sulfonamides is 1. The van der Waals surface area contributed by atoms with Crippen LogP contribution in [-0.4, -0.2) is 14.8 Å². The molecule has 0 aliphatic rings. The largest absolute Gasteiger partial charge is 0.573 e. The third-order valence-electron chi connectivity index (χ3n) is 2.71. The summed E-state index contributed by atoms with van der Waals surface area (Å²) in [5, 5.41) is 5.04. The topological polar surface area (TPSA) is 69.4 Å². The number of halogens is 5. The molecule has 0 saturated carbocycles. The fourth-order valence-electron chi connectivity index (χ4n) is 1.87. The van der Waals surface area contributed by atoms with Gasteiger partial charge in [0, 0.05) is 14.7 Å². The normalized spacial score (nSPS) is 12.3. The van der Waals surface area contributed by atoms with Crippen LogP contribution in [0.4, 0.5) is 17.6 Å². The molecule has 2 N–H and O–H groups in total. The van der Waals surface area contributed by atoms with Crippen LogP contribution < -0.4 is 9.88 Å². The molecule has 0 aromatic heterocycles. The number of ether oxygens (including phenoxy) is 1. The van der Waals surface area contributed by atoms with Crippen molar-refractivity contribution in [3.8, 4) is 16.9 Å². The molecule has 0 heterocycles. The van der Waals surface area contributed by atoms with Crippen molar-refractivity contribution in [3.05, 3.63) is 45.8 Å². The summed E-state index contributed by atoms with van der Waals surface area (Å²) in [4.78, 5) is -0.507. The van der Waals surface area contributed by atoms with E-state index in [1.165, 1.54) is 12.1 Å². The highest BCUT2D eigenvalue weighted by molar-refractivity contribution is 14.1. The number of alkyl halides is 3. The summed E-state index contributed by atoms with van der Waals surface area (Å²) in [6.45, 7) is 0. The van der Waals surface area contributed by atoms with Gasteiger partial charge in [-0.15, -0.1) is 13.2 Å². The Hall–Kier alpha value is -1.40. The smallest absolute Gasteiger partial charge is 0.406 e. The number of benzene rings is 2. The van der Waals surface area contributed by atoms with Gasteiger partial charge in [-0.1, -0.05) is 6.07 Å². The molecule has 0 atom stereocenters. The summed E-state index contributed by atoms with van der Waals surface area (Å²) >= 11 is 1.83. The van der Waals surface area contributed by atoms with E-state index >= 15 is 0 Å². The van der Waals surface area contributed by atoms with Crippen molar-refractivity contribution < 1.29 is 30.7 Å². The van der Waals surface area contributed by atoms with Crippen molar-refractivity contribution in [2.75, 3.05) is 0 Å². The second-order valence-corrected chi connectivity index (χ2v) is 7.15. The van der Waals surface area contributed by atoms with Crippen molar-refractivity contribution in [1.29, 1.82) is 0 Å². The summed E-state index contributed by atoms with van der Waals surface area (Å²) in [5.74, 6) is -1.48. The lowest BCUT2D eigenvalue weighted by Gasteiger charge is -2.13. The third-order valence-corrected chi connectivity index (χ3v) is 4.35. The standard InChI is InChI=1S/C13H8F4INO3S/c14-11-5-7(18)1-3-9(11)10-6-8(22-13(15,16)17)2-4-12(10)23(19,20)21/h1-6H,(H2,19,20,21). The third kappa shape index (κ3) is 4.54. The van der Waals surface area contributed by atoms with E-state index in [2.05, 4.69) is 4.74 Å². The Kier molecular flexibility index (Phi) is 4.87. The maximum atomic E-state index is 14.1. The molecule has 2 aromatic rings. The van der Waals surface area contributed by atoms with Crippen molar-refractivity contribution in [2.45, 2.75) is 11.3 Å². The van der Waals surface area contributed by atoms with Crippen LogP contribution in [0.25, 0.3) is 11.1 Å². The van der Waals surface area contributed by atoms with Gasteiger partial charge in [0.2, 0.25) is 10.0 Å². The number of primary sulfonamides is 1. The minimum atomic E-state index is -4.97. The van der Waals surface area contributed by atoms with Crippen LogP contribution in [0.2, 0.25) is 0 Å². The molecule has 0 aliphatic carbocycles. The summed E-state index contributed by atoms with van der Waals surface area (Å²) in [6, 6.07) is 6.24. The first-order valence-electron chi connectivity index (χ1n) is 5.85. The fraction of sp³-hybridized carbons (Fsp3) is 0.0769. The molecule has 0 fully saturated rings. The van der Waals surface area contributed by atoms with Gasteiger partial charge in [-0.25, -0.2) is 17.9 Å². The predicted octanol–water partition coefficient (Wildman–Crippen LogP) is 3.64. The van der Waals surface area contributed by atoms with Gasteiger partial charge in [0.05, 0.1) is 4.90 Å². The first-order valence-corrected chi connectivity index (χ1v) is 8.48. The minimum absolute atomic E-state index is 0.206. The van der Waals surface area contributed by atoms with Crippen molar-refractivity contribution >= 4 is 32.6 Å². The van der Waals surface area contributed by atoms with Gasteiger partial charge in [0.1, 0.15) is 11.6 Å². The monoisotopic (exact) mass is 461 g/mol. The van der Waals surface area contributed by atoms with E-state index in [0.717, 1.165) is 24.3 Å². The van der Waals surface area contributed by atoms with Crippen LogP contribution in [0.5, 0.6) is 5.75 Å². The van der Waals surface area contributed by atoms with E-state index in [9.17, 15) is 26.0 Å². The summed E-state index contributed by atoms with van der Waals surface area (Å²) in [5.41, 5.74) is -0.523. The molecule has 4 nitrogen and oxygen atoms in total. The molecule has 0 saturated heterocycles. The van der Waals surface area contributed by atoms with Gasteiger partial charge in [-0.2, -0.15) is 0 Å². The molecule has 0 spiro atoms. The fourth-order valence-corrected chi connectivity index (χ4v) is 3.06. The molecule has 0 radical (unpaired) electrons. The van der Waals surface area contributed by atoms with Crippen LogP contribution in [0.3, 0.4) is 0 Å². The van der Waals surface area contributed by atoms with Gasteiger partial charge in [0.15, 0.2) is 0 Å². The Morgan fingerprint density at radius 2 is 1.70 bits per heavy atom. The van der Waals surface area contributed by atoms with Gasteiger partial charge in [-0.3, -0.25) is 0 Å². The Morgan fingerprint density at radius 1 is 1.04 bits per heavy atom. The number of hydrogen-bond acceptors (Lipinski definition) is 3. The lowest BCUT2D eigenvalue weighted by atomic mass is 10.0. The predicted molar refractivity (Wildman–Crippen MR) is 82.6 cm³/mol. The molecule has 0 amide bonds. The van der Waals surface area contributed by atoms with E-state index in [-0.39, 0.29) is 11.1 Å². The first kappa shape index (κ1) is 17.9. The van der Waals surface area contributed by atoms with E-state index in [1.807, 2.05) is 22.6 Å². The van der Waals surface area contributed by atoms with Crippen LogP contribution >= 0.6 is 22.6 Å². The Morgan fingerprint density at radius 3 is 2.22 bits per heavy atom. The quantitative estimate of drug-likeness (QED) is 0.561. The Bertz CT molecular complexity index is 853. The summed E-state index contributed by atoms with van der Waals surface area (Å²) < 4.78 is 78.4. The van der Waals surface area contributed by atoms with Crippen molar-refractivity contribution in [3.63, 3.8) is 0 Å². The highest BCUT2D eigenvalue weighted by Gasteiger charge is 2.32. The molecule has 0 unspecified atom stereocenters. The minimum Gasteiger partial charge on any atom is -0.406 e. The zero-order valence-corrected chi connectivity index (χ0v) is 14.0. The SMILES string of the molecule is NS(=O)(=O)c1ccc(OC(F)(F)F)cc1-c1ccc(I)cc1F. The first-order chi connectivity index (χ1) is 10.5. The van der Waals surface area contributed by atoms with Gasteiger partial charge in [0.25, 0.3) is 0 Å². The van der Waals surface area contributed by atoms with Crippen LogP contribution in [0.15, 0.2) is 41.3 Å². The number of nitrogens with two attached hydrogens (primary N) is 1. The Balaban J connectivity index is 2.69. The van der Waals surface area contributed by atoms with Gasteiger partial charge in [-0.05, 0) is 52.9 Å². The van der Waals surface area contributed by atoms with Gasteiger partial charge >= 0.3 is 6.36 Å². The van der Waals surface area contributed by atoms with Crippen LogP contribution in [0, 0.1) is 9.39 Å². The molecule has 10 heteroatoms. The average molecular weight is 461 g/mol. The molecule has 0 bridgehead atoms. The summed E-state index contributed by atoms with van der Waals surface area (Å²) in [7, 11) is -4.27. The van der Waals surface area contributed by atoms with Crippen LogP contribution in [0.1, 0.15) is 0 Å². The summed E-state index contributed by atoms with van der Waals surface area (Å²) in [6.07, 6.45) is -4.97. The number of hydrogen-bond donors (Lipinski definition) is 1. The van der Waals surface area contributed by atoms with Crippen molar-refractivity contribution in [1.82, 2.24) is 0 Å². The second-order valence-electron chi connectivity index (χ2n) is 4.37. The molecule has 23 heavy (non-hydrogen) atoms. The zero-order chi connectivity index (χ0) is 17.4. The van der Waals surface area contributed by atoms with E-state index < -0.39 is 32.8 Å². The van der Waals surface area contributed by atoms with E-state index in [1.54, 1.807) is 0 Å². The number of rotatable bonds is 3. The highest BCUT2D eigenvalue weighted by Crippen LogP contribution is 2.34. The molecular weight excluding hydrogens is 453 g/mol. The van der Waals surface area contributed by atoms with Crippen LogP contribution in [-0.2, 0) is 10.0 Å². The molecular formula is C13H8F4INO3S. The van der Waals surface area contributed by atoms with Gasteiger partial charge < -0.3 is 4.74 Å². The second kappa shape index (κ2) is 6.24. The molecule has 124 valence electrons.